The Balaban J connectivity index is 2.08. The molecule has 0 radical (unpaired) electrons. The van der Waals surface area contributed by atoms with Gasteiger partial charge in [-0.15, -0.1) is 0 Å². The highest BCUT2D eigenvalue weighted by Crippen LogP contribution is 2.34. The van der Waals surface area contributed by atoms with Crippen molar-refractivity contribution in [3.63, 3.8) is 0 Å². The van der Waals surface area contributed by atoms with E-state index in [9.17, 15) is 5.11 Å². The topological polar surface area (TPSA) is 55.5 Å². The van der Waals surface area contributed by atoms with E-state index in [0.717, 1.165) is 33.7 Å². The van der Waals surface area contributed by atoms with Crippen molar-refractivity contribution in [2.75, 3.05) is 6.61 Å². The predicted molar refractivity (Wildman–Crippen MR) is 98.1 cm³/mol. The molecule has 0 spiro atoms. The number of aryl methyl sites for hydroxylation is 2. The van der Waals surface area contributed by atoms with Gasteiger partial charge >= 0.3 is 0 Å². The summed E-state index contributed by atoms with van der Waals surface area (Å²) in [6, 6.07) is 12.9. The highest BCUT2D eigenvalue weighted by Gasteiger charge is 2.17. The molecule has 0 aliphatic heterocycles. The Morgan fingerprint density at radius 2 is 1.84 bits per heavy atom. The number of benzene rings is 2. The Hall–Kier alpha value is -2.30. The molecule has 1 unspecified atom stereocenters. The molecule has 1 aromatic heterocycles. The van der Waals surface area contributed by atoms with Crippen LogP contribution in [0.3, 0.4) is 0 Å². The van der Waals surface area contributed by atoms with Crippen LogP contribution in [0.4, 0.5) is 0 Å². The Bertz CT molecular complexity index is 852. The Kier molecular flexibility index (Phi) is 5.11. The van der Waals surface area contributed by atoms with Crippen LogP contribution in [0.15, 0.2) is 47.0 Å². The first-order chi connectivity index (χ1) is 12.0. The third-order valence-electron chi connectivity index (χ3n) is 4.06. The minimum atomic E-state index is -0.781. The maximum atomic E-state index is 10.8. The summed E-state index contributed by atoms with van der Waals surface area (Å²) in [5, 5.41) is 15.5. The molecular weight excluding hydrogens is 338 g/mol. The normalized spacial score (nSPS) is 12.2. The highest BCUT2D eigenvalue weighted by molar-refractivity contribution is 6.30. The van der Waals surface area contributed by atoms with Gasteiger partial charge in [-0.1, -0.05) is 28.9 Å². The molecule has 0 saturated carbocycles. The Labute approximate surface area is 152 Å². The molecule has 130 valence electrons. The van der Waals surface area contributed by atoms with Crippen molar-refractivity contribution in [3.05, 3.63) is 70.1 Å². The van der Waals surface area contributed by atoms with Crippen LogP contribution in [-0.2, 0) is 0 Å². The average molecular weight is 358 g/mol. The van der Waals surface area contributed by atoms with Gasteiger partial charge < -0.3 is 14.4 Å². The van der Waals surface area contributed by atoms with Gasteiger partial charge in [-0.3, -0.25) is 0 Å². The SMILES string of the molecule is CCOc1cc(-c2c(C)noc2C)cc(C(O)c2ccc(Cl)cc2)c1. The first-order valence-corrected chi connectivity index (χ1v) is 8.52. The molecule has 4 nitrogen and oxygen atoms in total. The third-order valence-corrected chi connectivity index (χ3v) is 4.32. The van der Waals surface area contributed by atoms with Gasteiger partial charge in [-0.25, -0.2) is 0 Å². The van der Waals surface area contributed by atoms with Crippen LogP contribution in [0, 0.1) is 13.8 Å². The van der Waals surface area contributed by atoms with Crippen LogP contribution in [0.5, 0.6) is 5.75 Å². The molecule has 5 heteroatoms. The van der Waals surface area contributed by atoms with Crippen LogP contribution in [0.25, 0.3) is 11.1 Å². The minimum absolute atomic E-state index is 0.543. The second kappa shape index (κ2) is 7.30. The van der Waals surface area contributed by atoms with Gasteiger partial charge in [-0.2, -0.15) is 0 Å². The van der Waals surface area contributed by atoms with E-state index >= 15 is 0 Å². The lowest BCUT2D eigenvalue weighted by atomic mass is 9.96. The summed E-state index contributed by atoms with van der Waals surface area (Å²) < 4.78 is 11.0. The standard InChI is InChI=1S/C20H20ClNO3/c1-4-24-18-10-15(19-12(2)22-25-13(19)3)9-16(11-18)20(23)14-5-7-17(21)8-6-14/h5-11,20,23H,4H2,1-3H3. The van der Waals surface area contributed by atoms with Gasteiger partial charge in [0.2, 0.25) is 0 Å². The van der Waals surface area contributed by atoms with Crippen molar-refractivity contribution in [1.29, 1.82) is 0 Å². The lowest BCUT2D eigenvalue weighted by Gasteiger charge is -2.15. The number of halogens is 1. The summed E-state index contributed by atoms with van der Waals surface area (Å²) in [7, 11) is 0. The monoisotopic (exact) mass is 357 g/mol. The summed E-state index contributed by atoms with van der Waals surface area (Å²) in [5.41, 5.74) is 4.14. The zero-order valence-electron chi connectivity index (χ0n) is 14.4. The van der Waals surface area contributed by atoms with Crippen LogP contribution >= 0.6 is 11.6 Å². The molecule has 1 N–H and O–H groups in total. The quantitative estimate of drug-likeness (QED) is 0.690. The van der Waals surface area contributed by atoms with E-state index in [-0.39, 0.29) is 0 Å². The van der Waals surface area contributed by atoms with Crippen LogP contribution in [0.1, 0.15) is 35.6 Å². The molecule has 0 saturated heterocycles. The van der Waals surface area contributed by atoms with Crippen molar-refractivity contribution >= 4 is 11.6 Å². The van der Waals surface area contributed by atoms with Gasteiger partial charge in [0.15, 0.2) is 0 Å². The zero-order valence-corrected chi connectivity index (χ0v) is 15.2. The second-order valence-corrected chi connectivity index (χ2v) is 6.31. The van der Waals surface area contributed by atoms with E-state index in [4.69, 9.17) is 20.9 Å². The van der Waals surface area contributed by atoms with Crippen LogP contribution < -0.4 is 4.74 Å². The summed E-state index contributed by atoms with van der Waals surface area (Å²) in [5.74, 6) is 1.43. The number of hydrogen-bond donors (Lipinski definition) is 1. The summed E-state index contributed by atoms with van der Waals surface area (Å²) in [4.78, 5) is 0. The lowest BCUT2D eigenvalue weighted by Crippen LogP contribution is -2.02. The number of aliphatic hydroxyl groups is 1. The maximum absolute atomic E-state index is 10.8. The van der Waals surface area contributed by atoms with Crippen molar-refractivity contribution in [3.8, 4) is 16.9 Å². The van der Waals surface area contributed by atoms with E-state index in [2.05, 4.69) is 5.16 Å². The van der Waals surface area contributed by atoms with E-state index in [1.165, 1.54) is 0 Å². The largest absolute Gasteiger partial charge is 0.494 e. The fraction of sp³-hybridized carbons (Fsp3) is 0.250. The van der Waals surface area contributed by atoms with Gasteiger partial charge in [0.1, 0.15) is 17.6 Å². The highest BCUT2D eigenvalue weighted by atomic mass is 35.5. The first-order valence-electron chi connectivity index (χ1n) is 8.14. The predicted octanol–water partition coefficient (Wildman–Crippen LogP) is 5.09. The van der Waals surface area contributed by atoms with Crippen molar-refractivity contribution in [2.45, 2.75) is 26.9 Å². The number of rotatable bonds is 5. The molecule has 0 aliphatic carbocycles. The lowest BCUT2D eigenvalue weighted by molar-refractivity contribution is 0.219. The van der Waals surface area contributed by atoms with Crippen molar-refractivity contribution in [2.24, 2.45) is 0 Å². The van der Waals surface area contributed by atoms with Gasteiger partial charge in [0.25, 0.3) is 0 Å². The fourth-order valence-corrected chi connectivity index (χ4v) is 3.03. The van der Waals surface area contributed by atoms with E-state index < -0.39 is 6.10 Å². The molecule has 3 rings (SSSR count). The molecular formula is C20H20ClNO3. The molecule has 0 bridgehead atoms. The van der Waals surface area contributed by atoms with Gasteiger partial charge in [0, 0.05) is 10.6 Å². The van der Waals surface area contributed by atoms with Gasteiger partial charge in [0.05, 0.1) is 12.3 Å². The average Bonchev–Trinajstić information content (AvgIpc) is 2.93. The van der Waals surface area contributed by atoms with E-state index in [1.54, 1.807) is 12.1 Å². The molecule has 0 amide bonds. The van der Waals surface area contributed by atoms with Gasteiger partial charge in [-0.05, 0) is 67.8 Å². The zero-order chi connectivity index (χ0) is 18.0. The molecule has 1 heterocycles. The molecule has 25 heavy (non-hydrogen) atoms. The number of ether oxygens (including phenoxy) is 1. The van der Waals surface area contributed by atoms with E-state index in [1.807, 2.05) is 51.1 Å². The number of hydrogen-bond acceptors (Lipinski definition) is 4. The molecule has 0 aliphatic rings. The second-order valence-electron chi connectivity index (χ2n) is 5.88. The summed E-state index contributed by atoms with van der Waals surface area (Å²) in [6.07, 6.45) is -0.781. The first kappa shape index (κ1) is 17.5. The van der Waals surface area contributed by atoms with E-state index in [0.29, 0.717) is 17.4 Å². The van der Waals surface area contributed by atoms with Crippen LogP contribution in [-0.4, -0.2) is 16.9 Å². The molecule has 2 aromatic carbocycles. The third kappa shape index (κ3) is 3.70. The Morgan fingerprint density at radius 1 is 1.12 bits per heavy atom. The maximum Gasteiger partial charge on any atom is 0.141 e. The van der Waals surface area contributed by atoms with Crippen LogP contribution in [0.2, 0.25) is 5.02 Å². The smallest absolute Gasteiger partial charge is 0.141 e. The van der Waals surface area contributed by atoms with Crippen molar-refractivity contribution in [1.82, 2.24) is 5.16 Å². The fourth-order valence-electron chi connectivity index (χ4n) is 2.91. The number of aromatic nitrogens is 1. The summed E-state index contributed by atoms with van der Waals surface area (Å²) >= 11 is 5.94. The van der Waals surface area contributed by atoms with Crippen molar-refractivity contribution < 1.29 is 14.4 Å². The number of nitrogens with zero attached hydrogens (tertiary/aromatic N) is 1. The molecule has 3 aromatic rings. The minimum Gasteiger partial charge on any atom is -0.494 e. The molecule has 0 fully saturated rings. The number of aliphatic hydroxyl groups excluding tert-OH is 1. The molecule has 1 atom stereocenters. The Morgan fingerprint density at radius 3 is 2.44 bits per heavy atom. The summed E-state index contributed by atoms with van der Waals surface area (Å²) in [6.45, 7) is 6.24.